The number of methoxy groups -OCH3 is 1. The van der Waals surface area contributed by atoms with Gasteiger partial charge in [0.25, 0.3) is 11.8 Å². The molecule has 0 radical (unpaired) electrons. The van der Waals surface area contributed by atoms with Crippen molar-refractivity contribution in [3.8, 4) is 23.1 Å². The molecule has 0 spiro atoms. The van der Waals surface area contributed by atoms with E-state index in [0.29, 0.717) is 17.0 Å². The van der Waals surface area contributed by atoms with E-state index in [1.54, 1.807) is 49.8 Å². The summed E-state index contributed by atoms with van der Waals surface area (Å²) < 4.78 is 69.2. The number of hydrogen-bond donors (Lipinski definition) is 0. The molecular formula is C29H32F4N4O2. The van der Waals surface area contributed by atoms with Crippen LogP contribution in [-0.4, -0.2) is 32.8 Å². The summed E-state index contributed by atoms with van der Waals surface area (Å²) in [6.45, 7) is 5.03. The van der Waals surface area contributed by atoms with Crippen LogP contribution in [-0.2, 0) is 19.6 Å². The Hall–Kier alpha value is -3.69. The number of hydrogen-bond acceptors (Lipinski definition) is 5. The number of rotatable bonds is 10. The lowest BCUT2D eigenvalue weighted by Gasteiger charge is -2.15. The monoisotopic (exact) mass is 544 g/mol. The zero-order valence-electron chi connectivity index (χ0n) is 22.9. The van der Waals surface area contributed by atoms with Gasteiger partial charge in [-0.2, -0.15) is 18.9 Å². The molecular weight excluding hydrogens is 512 g/mol. The van der Waals surface area contributed by atoms with Gasteiger partial charge in [-0.3, -0.25) is 0 Å². The van der Waals surface area contributed by atoms with E-state index < -0.39 is 17.5 Å². The van der Waals surface area contributed by atoms with Crippen LogP contribution < -0.4 is 9.47 Å². The third-order valence-corrected chi connectivity index (χ3v) is 6.54. The number of aromatic nitrogens is 4. The molecule has 1 aliphatic carbocycles. The van der Waals surface area contributed by atoms with Gasteiger partial charge in [-0.1, -0.05) is 30.3 Å². The molecule has 2 heterocycles. The van der Waals surface area contributed by atoms with E-state index in [9.17, 15) is 17.6 Å². The SMILES string of the molecule is C/C=C(\C=C(/C)c1ccc(COc2cc(C(C)(F)F)nc(-c3c(C4CC4)nn(C)c3OC)n2)cc1)C(C)(F)F. The van der Waals surface area contributed by atoms with Crippen LogP contribution >= 0.6 is 0 Å². The summed E-state index contributed by atoms with van der Waals surface area (Å²) in [6.07, 6.45) is 4.75. The van der Waals surface area contributed by atoms with Gasteiger partial charge in [0.2, 0.25) is 11.8 Å². The molecule has 0 amide bonds. The zero-order chi connectivity index (χ0) is 28.5. The van der Waals surface area contributed by atoms with E-state index in [-0.39, 0.29) is 29.8 Å². The average molecular weight is 545 g/mol. The maximum absolute atomic E-state index is 14.4. The molecule has 6 nitrogen and oxygen atoms in total. The summed E-state index contributed by atoms with van der Waals surface area (Å²) in [5, 5.41) is 4.53. The van der Waals surface area contributed by atoms with Crippen LogP contribution in [0.1, 0.15) is 69.0 Å². The van der Waals surface area contributed by atoms with Gasteiger partial charge in [-0.25, -0.2) is 18.4 Å². The molecule has 0 N–H and O–H groups in total. The van der Waals surface area contributed by atoms with Crippen LogP contribution in [0.25, 0.3) is 17.0 Å². The summed E-state index contributed by atoms with van der Waals surface area (Å²) in [7, 11) is 3.21. The first-order valence-electron chi connectivity index (χ1n) is 12.7. The Morgan fingerprint density at radius 2 is 1.77 bits per heavy atom. The predicted octanol–water partition coefficient (Wildman–Crippen LogP) is 7.46. The molecule has 39 heavy (non-hydrogen) atoms. The van der Waals surface area contributed by atoms with E-state index in [2.05, 4.69) is 15.1 Å². The largest absolute Gasteiger partial charge is 0.481 e. The number of alkyl halides is 4. The first-order chi connectivity index (χ1) is 18.3. The predicted molar refractivity (Wildman–Crippen MR) is 141 cm³/mol. The lowest BCUT2D eigenvalue weighted by molar-refractivity contribution is 0.0123. The Kier molecular flexibility index (Phi) is 7.86. The lowest BCUT2D eigenvalue weighted by Crippen LogP contribution is -2.12. The van der Waals surface area contributed by atoms with Gasteiger partial charge in [0.1, 0.15) is 17.9 Å². The quantitative estimate of drug-likeness (QED) is 0.196. The van der Waals surface area contributed by atoms with Gasteiger partial charge in [-0.15, -0.1) is 0 Å². The second-order valence-corrected chi connectivity index (χ2v) is 9.92. The van der Waals surface area contributed by atoms with Crippen molar-refractivity contribution in [2.24, 2.45) is 7.05 Å². The minimum Gasteiger partial charge on any atom is -0.481 e. The Labute approximate surface area is 225 Å². The highest BCUT2D eigenvalue weighted by molar-refractivity contribution is 5.68. The Bertz CT molecular complexity index is 1400. The smallest absolute Gasteiger partial charge is 0.287 e. The number of nitrogens with zero attached hydrogens (tertiary/aromatic N) is 4. The summed E-state index contributed by atoms with van der Waals surface area (Å²) in [5.41, 5.74) is 2.88. The maximum atomic E-state index is 14.4. The maximum Gasteiger partial charge on any atom is 0.287 e. The molecule has 1 aliphatic rings. The molecule has 0 aliphatic heterocycles. The fourth-order valence-corrected chi connectivity index (χ4v) is 4.25. The molecule has 0 atom stereocenters. The summed E-state index contributed by atoms with van der Waals surface area (Å²) in [4.78, 5) is 8.61. The molecule has 0 saturated heterocycles. The van der Waals surface area contributed by atoms with E-state index in [1.807, 2.05) is 0 Å². The van der Waals surface area contributed by atoms with Crippen molar-refractivity contribution in [2.45, 2.75) is 64.9 Å². The average Bonchev–Trinajstić information content (AvgIpc) is 3.67. The molecule has 3 aromatic rings. The van der Waals surface area contributed by atoms with Crippen LogP contribution in [0.15, 0.2) is 48.1 Å². The summed E-state index contributed by atoms with van der Waals surface area (Å²) >= 11 is 0. The topological polar surface area (TPSA) is 62.1 Å². The van der Waals surface area contributed by atoms with Crippen LogP contribution in [0, 0.1) is 0 Å². The standard InChI is InChI=1S/C29H32F4N4O2/c1-7-21(28(3,30)31)14-17(2)19-10-8-18(9-11-19)16-39-23-15-22(29(4,32)33)34-26(35-23)24-25(20-12-13-20)36-37(5)27(24)38-6/h7-11,14-15,20H,12-13,16H2,1-6H3/b17-14+,21-7+. The number of allylic oxidation sites excluding steroid dienone is 4. The molecule has 1 fully saturated rings. The van der Waals surface area contributed by atoms with Crippen LogP contribution in [0.5, 0.6) is 11.8 Å². The normalized spacial score (nSPS) is 15.0. The minimum atomic E-state index is -3.22. The van der Waals surface area contributed by atoms with Gasteiger partial charge in [-0.05, 0) is 49.5 Å². The number of halogens is 4. The van der Waals surface area contributed by atoms with Crippen molar-refractivity contribution in [2.75, 3.05) is 7.11 Å². The number of ether oxygens (including phenoxy) is 2. The molecule has 10 heteroatoms. The van der Waals surface area contributed by atoms with Crippen LogP contribution in [0.3, 0.4) is 0 Å². The highest BCUT2D eigenvalue weighted by Crippen LogP contribution is 2.46. The number of aryl methyl sites for hydroxylation is 1. The summed E-state index contributed by atoms with van der Waals surface area (Å²) in [6, 6.07) is 8.31. The van der Waals surface area contributed by atoms with Gasteiger partial charge < -0.3 is 9.47 Å². The van der Waals surface area contributed by atoms with Gasteiger partial charge in [0, 0.05) is 38.5 Å². The molecule has 1 saturated carbocycles. The van der Waals surface area contributed by atoms with Gasteiger partial charge in [0.15, 0.2) is 5.82 Å². The van der Waals surface area contributed by atoms with E-state index in [0.717, 1.165) is 49.6 Å². The third kappa shape index (κ3) is 6.49. The molecule has 208 valence electrons. The van der Waals surface area contributed by atoms with Crippen LogP contribution in [0.4, 0.5) is 17.6 Å². The number of benzene rings is 1. The van der Waals surface area contributed by atoms with Crippen molar-refractivity contribution in [1.29, 1.82) is 0 Å². The molecule has 2 aromatic heterocycles. The van der Waals surface area contributed by atoms with Crippen molar-refractivity contribution >= 4 is 5.57 Å². The zero-order valence-corrected chi connectivity index (χ0v) is 22.9. The fraction of sp³-hybridized carbons (Fsp3) is 0.414. The van der Waals surface area contributed by atoms with E-state index in [4.69, 9.17) is 9.47 Å². The molecule has 0 bridgehead atoms. The lowest BCUT2D eigenvalue weighted by atomic mass is 10.0. The first kappa shape index (κ1) is 28.3. The third-order valence-electron chi connectivity index (χ3n) is 6.54. The second kappa shape index (κ2) is 10.8. The van der Waals surface area contributed by atoms with Crippen molar-refractivity contribution in [3.05, 3.63) is 70.6 Å². The van der Waals surface area contributed by atoms with Crippen molar-refractivity contribution in [1.82, 2.24) is 19.7 Å². The Morgan fingerprint density at radius 3 is 2.31 bits per heavy atom. The molecule has 0 unspecified atom stereocenters. The van der Waals surface area contributed by atoms with Gasteiger partial charge >= 0.3 is 0 Å². The highest BCUT2D eigenvalue weighted by atomic mass is 19.3. The van der Waals surface area contributed by atoms with E-state index in [1.165, 1.54) is 19.3 Å². The van der Waals surface area contributed by atoms with E-state index >= 15 is 0 Å². The second-order valence-electron chi connectivity index (χ2n) is 9.92. The van der Waals surface area contributed by atoms with Crippen molar-refractivity contribution < 1.29 is 27.0 Å². The Morgan fingerprint density at radius 1 is 1.10 bits per heavy atom. The minimum absolute atomic E-state index is 0.00719. The first-order valence-corrected chi connectivity index (χ1v) is 12.7. The summed E-state index contributed by atoms with van der Waals surface area (Å²) in [5.74, 6) is -5.50. The molecule has 4 rings (SSSR count). The Balaban J connectivity index is 1.60. The molecule has 1 aromatic carbocycles. The van der Waals surface area contributed by atoms with Crippen molar-refractivity contribution in [3.63, 3.8) is 0 Å². The highest BCUT2D eigenvalue weighted by Gasteiger charge is 2.35. The van der Waals surface area contributed by atoms with Crippen LogP contribution in [0.2, 0.25) is 0 Å². The fourth-order valence-electron chi connectivity index (χ4n) is 4.25. The van der Waals surface area contributed by atoms with Gasteiger partial charge in [0.05, 0.1) is 12.8 Å².